The van der Waals surface area contributed by atoms with Crippen molar-refractivity contribution >= 4 is 17.9 Å². The van der Waals surface area contributed by atoms with Crippen LogP contribution in [0.3, 0.4) is 0 Å². The average Bonchev–Trinajstić information content (AvgIpc) is 2.62. The van der Waals surface area contributed by atoms with E-state index >= 15 is 0 Å². The summed E-state index contributed by atoms with van der Waals surface area (Å²) in [6, 6.07) is 13.2. The molecule has 24 heavy (non-hydrogen) atoms. The maximum atomic E-state index is 10.9. The van der Waals surface area contributed by atoms with Crippen molar-refractivity contribution in [1.29, 1.82) is 0 Å². The van der Waals surface area contributed by atoms with Crippen molar-refractivity contribution in [3.63, 3.8) is 0 Å². The zero-order chi connectivity index (χ0) is 16.9. The molecule has 0 fully saturated rings. The van der Waals surface area contributed by atoms with Crippen LogP contribution in [0.1, 0.15) is 21.6 Å². The number of aromatic nitrogens is 2. The average molecular weight is 339 g/mol. The second kappa shape index (κ2) is 7.23. The van der Waals surface area contributed by atoms with Gasteiger partial charge in [-0.1, -0.05) is 23.7 Å². The lowest BCUT2D eigenvalue weighted by Gasteiger charge is -2.10. The van der Waals surface area contributed by atoms with Crippen LogP contribution >= 0.6 is 11.6 Å². The molecule has 0 N–H and O–H groups in total. The van der Waals surface area contributed by atoms with Crippen LogP contribution in [0, 0.1) is 0 Å². The van der Waals surface area contributed by atoms with Crippen LogP contribution in [-0.2, 0) is 6.42 Å². The summed E-state index contributed by atoms with van der Waals surface area (Å²) in [7, 11) is 1.59. The van der Waals surface area contributed by atoms with Gasteiger partial charge in [0, 0.05) is 23.0 Å². The van der Waals surface area contributed by atoms with Gasteiger partial charge >= 0.3 is 0 Å². The summed E-state index contributed by atoms with van der Waals surface area (Å²) >= 11 is 6.09. The van der Waals surface area contributed by atoms with Crippen LogP contribution in [0.5, 0.6) is 5.88 Å². The maximum Gasteiger partial charge on any atom is 0.221 e. The summed E-state index contributed by atoms with van der Waals surface area (Å²) in [6.07, 6.45) is 4.79. The summed E-state index contributed by atoms with van der Waals surface area (Å²) in [5.74, 6) is 0.546. The highest BCUT2D eigenvalue weighted by atomic mass is 35.5. The molecule has 5 heteroatoms. The van der Waals surface area contributed by atoms with Crippen molar-refractivity contribution in [3.8, 4) is 17.0 Å². The van der Waals surface area contributed by atoms with Crippen molar-refractivity contribution in [2.24, 2.45) is 0 Å². The molecule has 0 saturated carbocycles. The van der Waals surface area contributed by atoms with Gasteiger partial charge in [0.25, 0.3) is 0 Å². The highest BCUT2D eigenvalue weighted by Gasteiger charge is 2.10. The fourth-order valence-corrected chi connectivity index (χ4v) is 2.71. The van der Waals surface area contributed by atoms with Crippen molar-refractivity contribution < 1.29 is 9.53 Å². The molecular formula is C19H15ClN2O2. The van der Waals surface area contributed by atoms with E-state index in [-0.39, 0.29) is 0 Å². The zero-order valence-electron chi connectivity index (χ0n) is 13.1. The fourth-order valence-electron chi connectivity index (χ4n) is 2.52. The highest BCUT2D eigenvalue weighted by Crippen LogP contribution is 2.31. The third kappa shape index (κ3) is 3.60. The number of benzene rings is 1. The lowest BCUT2D eigenvalue weighted by Crippen LogP contribution is -1.97. The Labute approximate surface area is 145 Å². The molecule has 0 aliphatic heterocycles. The van der Waals surface area contributed by atoms with E-state index in [0.717, 1.165) is 28.5 Å². The summed E-state index contributed by atoms with van der Waals surface area (Å²) in [4.78, 5) is 19.2. The molecule has 3 aromatic rings. The fraction of sp³-hybridized carbons (Fsp3) is 0.105. The third-order valence-electron chi connectivity index (χ3n) is 3.61. The molecule has 0 aliphatic rings. The molecule has 0 atom stereocenters. The third-order valence-corrected chi connectivity index (χ3v) is 3.85. The van der Waals surface area contributed by atoms with E-state index in [1.54, 1.807) is 25.6 Å². The normalized spacial score (nSPS) is 10.4. The zero-order valence-corrected chi connectivity index (χ0v) is 13.8. The highest BCUT2D eigenvalue weighted by molar-refractivity contribution is 6.30. The molecule has 2 aromatic heterocycles. The van der Waals surface area contributed by atoms with E-state index in [1.165, 1.54) is 0 Å². The molecule has 120 valence electrons. The van der Waals surface area contributed by atoms with Gasteiger partial charge in [-0.25, -0.2) is 4.98 Å². The Bertz CT molecular complexity index is 881. The Kier molecular flexibility index (Phi) is 4.87. The van der Waals surface area contributed by atoms with E-state index in [4.69, 9.17) is 16.3 Å². The first-order valence-corrected chi connectivity index (χ1v) is 7.76. The Hall–Kier alpha value is -2.72. The van der Waals surface area contributed by atoms with Gasteiger partial charge in [0.2, 0.25) is 5.88 Å². The molecule has 2 heterocycles. The van der Waals surface area contributed by atoms with Gasteiger partial charge in [-0.15, -0.1) is 0 Å². The van der Waals surface area contributed by atoms with Gasteiger partial charge in [0.05, 0.1) is 7.11 Å². The second-order valence-corrected chi connectivity index (χ2v) is 5.73. The Balaban J connectivity index is 1.98. The van der Waals surface area contributed by atoms with Gasteiger partial charge in [-0.3, -0.25) is 9.78 Å². The molecule has 0 amide bonds. The molecule has 0 aliphatic carbocycles. The van der Waals surface area contributed by atoms with Crippen molar-refractivity contribution in [1.82, 2.24) is 9.97 Å². The number of halogens is 1. The van der Waals surface area contributed by atoms with Gasteiger partial charge in [-0.05, 0) is 53.4 Å². The number of hydrogen-bond acceptors (Lipinski definition) is 4. The van der Waals surface area contributed by atoms with E-state index in [0.29, 0.717) is 23.0 Å². The summed E-state index contributed by atoms with van der Waals surface area (Å²) in [5, 5.41) is 0.657. The molecule has 0 spiro atoms. The molecule has 0 saturated heterocycles. The number of carbonyl (C=O) groups excluding carboxylic acids is 1. The smallest absolute Gasteiger partial charge is 0.221 e. The SMILES string of the molecule is COc1ncc(Cc2ccnc(C=O)c2)cc1-c1cccc(Cl)c1. The van der Waals surface area contributed by atoms with Crippen LogP contribution in [-0.4, -0.2) is 23.4 Å². The minimum atomic E-state index is 0.420. The minimum absolute atomic E-state index is 0.420. The number of ether oxygens (including phenoxy) is 1. The molecule has 0 bridgehead atoms. The lowest BCUT2D eigenvalue weighted by atomic mass is 10.0. The van der Waals surface area contributed by atoms with Gasteiger partial charge in [0.1, 0.15) is 5.69 Å². The molecular weight excluding hydrogens is 324 g/mol. The summed E-state index contributed by atoms with van der Waals surface area (Å²) in [5.41, 5.74) is 4.24. The first kappa shape index (κ1) is 16.1. The predicted molar refractivity (Wildman–Crippen MR) is 93.7 cm³/mol. The second-order valence-electron chi connectivity index (χ2n) is 5.29. The number of rotatable bonds is 5. The number of methoxy groups -OCH3 is 1. The van der Waals surface area contributed by atoms with Crippen LogP contribution in [0.4, 0.5) is 0 Å². The number of hydrogen-bond donors (Lipinski definition) is 0. The first-order chi connectivity index (χ1) is 11.7. The molecule has 4 nitrogen and oxygen atoms in total. The maximum absolute atomic E-state index is 10.9. The van der Waals surface area contributed by atoms with Crippen LogP contribution in [0.15, 0.2) is 54.9 Å². The number of carbonyl (C=O) groups is 1. The summed E-state index contributed by atoms with van der Waals surface area (Å²) in [6.45, 7) is 0. The number of aldehydes is 1. The largest absolute Gasteiger partial charge is 0.481 e. The predicted octanol–water partition coefficient (Wildman–Crippen LogP) is 4.21. The number of nitrogens with zero attached hydrogens (tertiary/aromatic N) is 2. The van der Waals surface area contributed by atoms with Crippen LogP contribution in [0.25, 0.3) is 11.1 Å². The van der Waals surface area contributed by atoms with Crippen molar-refractivity contribution in [3.05, 3.63) is 76.7 Å². The van der Waals surface area contributed by atoms with E-state index in [1.807, 2.05) is 36.4 Å². The number of pyridine rings is 2. The molecule has 3 rings (SSSR count). The first-order valence-electron chi connectivity index (χ1n) is 7.38. The monoisotopic (exact) mass is 338 g/mol. The van der Waals surface area contributed by atoms with E-state index in [2.05, 4.69) is 9.97 Å². The summed E-state index contributed by atoms with van der Waals surface area (Å²) < 4.78 is 5.37. The van der Waals surface area contributed by atoms with E-state index < -0.39 is 0 Å². The molecule has 0 unspecified atom stereocenters. The van der Waals surface area contributed by atoms with Crippen LogP contribution in [0.2, 0.25) is 5.02 Å². The van der Waals surface area contributed by atoms with Gasteiger partial charge < -0.3 is 4.74 Å². The van der Waals surface area contributed by atoms with Crippen molar-refractivity contribution in [2.45, 2.75) is 6.42 Å². The topological polar surface area (TPSA) is 52.1 Å². The Morgan fingerprint density at radius 3 is 2.75 bits per heavy atom. The van der Waals surface area contributed by atoms with Gasteiger partial charge in [-0.2, -0.15) is 0 Å². The minimum Gasteiger partial charge on any atom is -0.481 e. The van der Waals surface area contributed by atoms with Crippen LogP contribution < -0.4 is 4.74 Å². The Morgan fingerprint density at radius 2 is 2.00 bits per heavy atom. The molecule has 1 aromatic carbocycles. The van der Waals surface area contributed by atoms with Gasteiger partial charge in [0.15, 0.2) is 6.29 Å². The van der Waals surface area contributed by atoms with Crippen molar-refractivity contribution in [2.75, 3.05) is 7.11 Å². The van der Waals surface area contributed by atoms with E-state index in [9.17, 15) is 4.79 Å². The standard InChI is InChI=1S/C19H15ClN2O2/c1-24-19-18(15-3-2-4-16(20)10-15)9-14(11-22-19)7-13-5-6-21-17(8-13)12-23/h2-6,8-12H,7H2,1H3. The quantitative estimate of drug-likeness (QED) is 0.654. The lowest BCUT2D eigenvalue weighted by molar-refractivity contribution is 0.111. The molecule has 0 radical (unpaired) electrons. The Morgan fingerprint density at radius 1 is 1.12 bits per heavy atom.